The lowest BCUT2D eigenvalue weighted by Crippen LogP contribution is -2.32. The molecule has 1 aromatic rings. The van der Waals surface area contributed by atoms with Crippen LogP contribution in [-0.2, 0) is 6.42 Å². The number of nitrogens with one attached hydrogen (secondary N) is 1. The Hall–Kier alpha value is -1.62. The molecular formula is C14H24N4O. The molecule has 1 aromatic heterocycles. The molecule has 1 heterocycles. The summed E-state index contributed by atoms with van der Waals surface area (Å²) in [6.07, 6.45) is 2.69. The molecular weight excluding hydrogens is 240 g/mol. The van der Waals surface area contributed by atoms with Crippen LogP contribution >= 0.6 is 0 Å². The fourth-order valence-electron chi connectivity index (χ4n) is 2.00. The molecule has 0 unspecified atom stereocenters. The first kappa shape index (κ1) is 15.4. The smallest absolute Gasteiger partial charge is 0.254 e. The largest absolute Gasteiger partial charge is 0.339 e. The molecule has 106 valence electrons. The Morgan fingerprint density at radius 2 is 1.89 bits per heavy atom. The number of hydrazine groups is 1. The maximum absolute atomic E-state index is 12.5. The Morgan fingerprint density at radius 3 is 2.37 bits per heavy atom. The summed E-state index contributed by atoms with van der Waals surface area (Å²) < 4.78 is 0. The normalized spacial score (nSPS) is 10.3. The second kappa shape index (κ2) is 7.74. The number of rotatable bonds is 7. The van der Waals surface area contributed by atoms with Crippen LogP contribution in [0, 0.1) is 0 Å². The molecule has 1 rings (SSSR count). The third-order valence-electron chi connectivity index (χ3n) is 2.91. The van der Waals surface area contributed by atoms with Crippen molar-refractivity contribution in [1.82, 2.24) is 9.88 Å². The van der Waals surface area contributed by atoms with E-state index in [-0.39, 0.29) is 5.91 Å². The number of carbonyl (C=O) groups excluding carboxylic acids is 1. The van der Waals surface area contributed by atoms with E-state index in [1.165, 1.54) is 0 Å². The maximum Gasteiger partial charge on any atom is 0.254 e. The molecule has 0 saturated heterocycles. The molecule has 3 N–H and O–H groups in total. The predicted octanol–water partition coefficient (Wildman–Crippen LogP) is 2.19. The van der Waals surface area contributed by atoms with E-state index in [9.17, 15) is 4.79 Å². The van der Waals surface area contributed by atoms with Crippen LogP contribution in [-0.4, -0.2) is 28.9 Å². The maximum atomic E-state index is 12.5. The van der Waals surface area contributed by atoms with Gasteiger partial charge in [-0.15, -0.1) is 0 Å². The molecule has 19 heavy (non-hydrogen) atoms. The number of hydrogen-bond donors (Lipinski definition) is 2. The zero-order chi connectivity index (χ0) is 14.3. The van der Waals surface area contributed by atoms with Gasteiger partial charge in [-0.2, -0.15) is 0 Å². The molecule has 0 aliphatic carbocycles. The van der Waals surface area contributed by atoms with E-state index in [4.69, 9.17) is 5.84 Å². The van der Waals surface area contributed by atoms with Gasteiger partial charge in [-0.3, -0.25) is 4.79 Å². The SMILES string of the molecule is CCCN(CCC)C(=O)c1cc(CC)nc(NN)c1. The molecule has 0 aromatic carbocycles. The Morgan fingerprint density at radius 1 is 1.26 bits per heavy atom. The molecule has 0 bridgehead atoms. The third kappa shape index (κ3) is 4.21. The minimum Gasteiger partial charge on any atom is -0.339 e. The molecule has 0 fully saturated rings. The van der Waals surface area contributed by atoms with Crippen molar-refractivity contribution in [2.45, 2.75) is 40.0 Å². The number of nitrogens with two attached hydrogens (primary N) is 1. The van der Waals surface area contributed by atoms with Gasteiger partial charge in [-0.25, -0.2) is 10.8 Å². The van der Waals surface area contributed by atoms with Crippen molar-refractivity contribution < 1.29 is 4.79 Å². The lowest BCUT2D eigenvalue weighted by molar-refractivity contribution is 0.0755. The Kier molecular flexibility index (Phi) is 6.29. The summed E-state index contributed by atoms with van der Waals surface area (Å²) in [5.74, 6) is 5.99. The van der Waals surface area contributed by atoms with Crippen LogP contribution < -0.4 is 11.3 Å². The zero-order valence-electron chi connectivity index (χ0n) is 12.1. The minimum atomic E-state index is 0.0531. The molecule has 0 saturated carbocycles. The molecule has 0 radical (unpaired) electrons. The fourth-order valence-corrected chi connectivity index (χ4v) is 2.00. The lowest BCUT2D eigenvalue weighted by Gasteiger charge is -2.22. The number of carbonyl (C=O) groups is 1. The summed E-state index contributed by atoms with van der Waals surface area (Å²) in [5.41, 5.74) is 4.04. The summed E-state index contributed by atoms with van der Waals surface area (Å²) in [7, 11) is 0. The van der Waals surface area contributed by atoms with Gasteiger partial charge < -0.3 is 10.3 Å². The molecule has 5 nitrogen and oxygen atoms in total. The number of aryl methyl sites for hydroxylation is 1. The van der Waals surface area contributed by atoms with Gasteiger partial charge in [0.2, 0.25) is 0 Å². The lowest BCUT2D eigenvalue weighted by atomic mass is 10.1. The highest BCUT2D eigenvalue weighted by Gasteiger charge is 2.15. The number of nitrogens with zero attached hydrogens (tertiary/aromatic N) is 2. The first-order valence-corrected chi connectivity index (χ1v) is 6.93. The number of hydrogen-bond acceptors (Lipinski definition) is 4. The van der Waals surface area contributed by atoms with Gasteiger partial charge >= 0.3 is 0 Å². The Balaban J connectivity index is 3.01. The molecule has 1 amide bonds. The standard InChI is InChI=1S/C14H24N4O/c1-4-7-18(8-5-2)14(19)11-9-12(6-3)16-13(10-11)17-15/h9-10H,4-8,15H2,1-3H3,(H,16,17). The van der Waals surface area contributed by atoms with Crippen LogP contribution in [0.3, 0.4) is 0 Å². The number of pyridine rings is 1. The second-order valence-corrected chi connectivity index (χ2v) is 4.52. The fraction of sp³-hybridized carbons (Fsp3) is 0.571. The second-order valence-electron chi connectivity index (χ2n) is 4.52. The quantitative estimate of drug-likeness (QED) is 0.585. The number of aromatic nitrogens is 1. The number of amides is 1. The van der Waals surface area contributed by atoms with E-state index in [0.29, 0.717) is 11.4 Å². The molecule has 0 aliphatic heterocycles. The van der Waals surface area contributed by atoms with Gasteiger partial charge in [0.1, 0.15) is 5.82 Å². The highest BCUT2D eigenvalue weighted by Crippen LogP contribution is 2.13. The van der Waals surface area contributed by atoms with Crippen molar-refractivity contribution in [2.75, 3.05) is 18.5 Å². The number of anilines is 1. The predicted molar refractivity (Wildman–Crippen MR) is 77.9 cm³/mol. The summed E-state index contributed by atoms with van der Waals surface area (Å²) >= 11 is 0. The molecule has 0 aliphatic rings. The molecule has 5 heteroatoms. The van der Waals surface area contributed by atoms with Gasteiger partial charge in [-0.1, -0.05) is 20.8 Å². The van der Waals surface area contributed by atoms with E-state index < -0.39 is 0 Å². The average Bonchev–Trinajstić information content (AvgIpc) is 2.45. The molecule has 0 spiro atoms. The van der Waals surface area contributed by atoms with Gasteiger partial charge in [0, 0.05) is 24.3 Å². The summed E-state index contributed by atoms with van der Waals surface area (Å²) in [4.78, 5) is 18.7. The van der Waals surface area contributed by atoms with Crippen LogP contribution in [0.1, 0.15) is 49.7 Å². The Labute approximate surface area is 115 Å². The van der Waals surface area contributed by atoms with Gasteiger partial charge in [0.25, 0.3) is 5.91 Å². The van der Waals surface area contributed by atoms with E-state index in [1.807, 2.05) is 17.9 Å². The Bertz CT molecular complexity index is 392. The monoisotopic (exact) mass is 264 g/mol. The topological polar surface area (TPSA) is 71.2 Å². The highest BCUT2D eigenvalue weighted by molar-refractivity contribution is 5.95. The molecule has 0 atom stereocenters. The van der Waals surface area contributed by atoms with E-state index >= 15 is 0 Å². The summed E-state index contributed by atoms with van der Waals surface area (Å²) in [6, 6.07) is 3.56. The van der Waals surface area contributed by atoms with Crippen LogP contribution in [0.2, 0.25) is 0 Å². The van der Waals surface area contributed by atoms with Crippen molar-refractivity contribution in [3.8, 4) is 0 Å². The van der Waals surface area contributed by atoms with Crippen LogP contribution in [0.5, 0.6) is 0 Å². The van der Waals surface area contributed by atoms with E-state index in [1.54, 1.807) is 6.07 Å². The van der Waals surface area contributed by atoms with Crippen molar-refractivity contribution in [3.05, 3.63) is 23.4 Å². The van der Waals surface area contributed by atoms with Crippen LogP contribution in [0.25, 0.3) is 0 Å². The van der Waals surface area contributed by atoms with Crippen molar-refractivity contribution in [1.29, 1.82) is 0 Å². The van der Waals surface area contributed by atoms with E-state index in [2.05, 4.69) is 24.3 Å². The number of nitrogen functional groups attached to an aromatic ring is 1. The van der Waals surface area contributed by atoms with Gasteiger partial charge in [0.15, 0.2) is 0 Å². The van der Waals surface area contributed by atoms with Gasteiger partial charge in [-0.05, 0) is 31.4 Å². The average molecular weight is 264 g/mol. The van der Waals surface area contributed by atoms with Crippen LogP contribution in [0.15, 0.2) is 12.1 Å². The first-order chi connectivity index (χ1) is 9.15. The summed E-state index contributed by atoms with van der Waals surface area (Å²) in [5, 5.41) is 0. The first-order valence-electron chi connectivity index (χ1n) is 6.93. The third-order valence-corrected chi connectivity index (χ3v) is 2.91. The summed E-state index contributed by atoms with van der Waals surface area (Å²) in [6.45, 7) is 7.72. The highest BCUT2D eigenvalue weighted by atomic mass is 16.2. The zero-order valence-corrected chi connectivity index (χ0v) is 12.1. The van der Waals surface area contributed by atoms with Gasteiger partial charge in [0.05, 0.1) is 0 Å². The minimum absolute atomic E-state index is 0.0531. The van der Waals surface area contributed by atoms with Crippen LogP contribution in [0.4, 0.5) is 5.82 Å². The van der Waals surface area contributed by atoms with E-state index in [0.717, 1.165) is 38.0 Å². The van der Waals surface area contributed by atoms with Crippen molar-refractivity contribution in [2.24, 2.45) is 5.84 Å². The van der Waals surface area contributed by atoms with Crippen molar-refractivity contribution in [3.63, 3.8) is 0 Å². The van der Waals surface area contributed by atoms with Crippen molar-refractivity contribution >= 4 is 11.7 Å².